The maximum absolute atomic E-state index is 4.50. The Balaban J connectivity index is 2.01. The van der Waals surface area contributed by atoms with Crippen LogP contribution in [0.4, 0.5) is 5.95 Å². The van der Waals surface area contributed by atoms with Gasteiger partial charge in [0.25, 0.3) is 0 Å². The molecule has 0 saturated carbocycles. The van der Waals surface area contributed by atoms with E-state index in [2.05, 4.69) is 44.7 Å². The van der Waals surface area contributed by atoms with Crippen LogP contribution in [0.3, 0.4) is 0 Å². The monoisotopic (exact) mass is 241 g/mol. The fourth-order valence-electron chi connectivity index (χ4n) is 2.04. The van der Waals surface area contributed by atoms with Crippen molar-refractivity contribution in [2.24, 2.45) is 4.99 Å². The van der Waals surface area contributed by atoms with Gasteiger partial charge in [0.2, 0.25) is 5.95 Å². The van der Waals surface area contributed by atoms with E-state index < -0.39 is 0 Å². The van der Waals surface area contributed by atoms with Gasteiger partial charge in [-0.3, -0.25) is 10.3 Å². The number of aliphatic imine (C=N–C) groups is 1. The van der Waals surface area contributed by atoms with Crippen LogP contribution in [-0.2, 0) is 0 Å². The summed E-state index contributed by atoms with van der Waals surface area (Å²) < 4.78 is 0. The number of fused-ring (bicyclic) bond motifs is 1. The number of hydrogen-bond donors (Lipinski definition) is 2. The molecule has 0 radical (unpaired) electrons. The van der Waals surface area contributed by atoms with Crippen LogP contribution >= 0.6 is 0 Å². The number of rotatable bonds is 1. The Morgan fingerprint density at radius 2 is 2.11 bits per heavy atom. The first-order valence-electron chi connectivity index (χ1n) is 6.03. The molecule has 5 nitrogen and oxygen atoms in total. The summed E-state index contributed by atoms with van der Waals surface area (Å²) in [6.45, 7) is 5.74. The minimum Gasteiger partial charge on any atom is -0.354 e. The van der Waals surface area contributed by atoms with Gasteiger partial charge >= 0.3 is 0 Å². The largest absolute Gasteiger partial charge is 0.354 e. The van der Waals surface area contributed by atoms with Crippen LogP contribution < -0.4 is 10.6 Å². The Morgan fingerprint density at radius 3 is 2.89 bits per heavy atom. The van der Waals surface area contributed by atoms with Gasteiger partial charge in [-0.1, -0.05) is 11.6 Å². The summed E-state index contributed by atoms with van der Waals surface area (Å²) in [4.78, 5) is 13.2. The summed E-state index contributed by atoms with van der Waals surface area (Å²) in [5, 5.41) is 7.34. The molecule has 0 saturated heterocycles. The van der Waals surface area contributed by atoms with Crippen molar-refractivity contribution in [3.63, 3.8) is 0 Å². The molecule has 92 valence electrons. The summed E-state index contributed by atoms with van der Waals surface area (Å²) in [5.41, 5.74) is 3.15. The fourth-order valence-corrected chi connectivity index (χ4v) is 2.04. The van der Waals surface area contributed by atoms with Gasteiger partial charge in [0.1, 0.15) is 0 Å². The van der Waals surface area contributed by atoms with E-state index in [1.165, 1.54) is 5.56 Å². The molecule has 1 aromatic heterocycles. The third kappa shape index (κ3) is 1.99. The van der Waals surface area contributed by atoms with Crippen molar-refractivity contribution < 1.29 is 0 Å². The van der Waals surface area contributed by atoms with Gasteiger partial charge in [0, 0.05) is 11.9 Å². The number of nitrogens with zero attached hydrogens (tertiary/aromatic N) is 3. The summed E-state index contributed by atoms with van der Waals surface area (Å²) in [6, 6.07) is 6.19. The van der Waals surface area contributed by atoms with E-state index in [9.17, 15) is 0 Å². The van der Waals surface area contributed by atoms with Crippen LogP contribution in [0.15, 0.2) is 23.2 Å². The maximum Gasteiger partial charge on any atom is 0.230 e. The molecular formula is C13H15N5. The van der Waals surface area contributed by atoms with Crippen molar-refractivity contribution in [3.8, 4) is 0 Å². The second-order valence-corrected chi connectivity index (χ2v) is 4.44. The van der Waals surface area contributed by atoms with E-state index in [0.29, 0.717) is 5.95 Å². The van der Waals surface area contributed by atoms with Gasteiger partial charge < -0.3 is 5.32 Å². The summed E-state index contributed by atoms with van der Waals surface area (Å²) in [5.74, 6) is 1.35. The number of nitrogens with one attached hydrogen (secondary N) is 2. The zero-order chi connectivity index (χ0) is 12.5. The van der Waals surface area contributed by atoms with Crippen LogP contribution in [0.1, 0.15) is 11.3 Å². The molecule has 1 aliphatic heterocycles. The molecule has 5 heteroatoms. The van der Waals surface area contributed by atoms with E-state index in [-0.39, 0.29) is 0 Å². The second-order valence-electron chi connectivity index (χ2n) is 4.44. The van der Waals surface area contributed by atoms with Crippen molar-refractivity contribution in [1.82, 2.24) is 15.3 Å². The Kier molecular flexibility index (Phi) is 2.59. The lowest BCUT2D eigenvalue weighted by Gasteiger charge is -2.08. The van der Waals surface area contributed by atoms with E-state index in [1.54, 1.807) is 0 Å². The second kappa shape index (κ2) is 4.25. The average Bonchev–Trinajstić information content (AvgIpc) is 2.83. The summed E-state index contributed by atoms with van der Waals surface area (Å²) in [6.07, 6.45) is 0. The van der Waals surface area contributed by atoms with Crippen LogP contribution in [0.25, 0.3) is 10.9 Å². The lowest BCUT2D eigenvalue weighted by molar-refractivity contribution is 0.958. The van der Waals surface area contributed by atoms with Crippen LogP contribution in [0.2, 0.25) is 0 Å². The van der Waals surface area contributed by atoms with E-state index >= 15 is 0 Å². The highest BCUT2D eigenvalue weighted by atomic mass is 15.3. The molecule has 1 aliphatic rings. The van der Waals surface area contributed by atoms with Crippen molar-refractivity contribution in [2.45, 2.75) is 13.8 Å². The molecule has 0 spiro atoms. The molecular weight excluding hydrogens is 226 g/mol. The van der Waals surface area contributed by atoms with Gasteiger partial charge in [-0.25, -0.2) is 9.97 Å². The highest BCUT2D eigenvalue weighted by Crippen LogP contribution is 2.18. The molecule has 0 atom stereocenters. The number of aromatic nitrogens is 2. The Bertz CT molecular complexity index is 633. The zero-order valence-corrected chi connectivity index (χ0v) is 10.5. The highest BCUT2D eigenvalue weighted by molar-refractivity contribution is 5.94. The summed E-state index contributed by atoms with van der Waals surface area (Å²) >= 11 is 0. The van der Waals surface area contributed by atoms with Crippen molar-refractivity contribution in [2.75, 3.05) is 18.4 Å². The van der Waals surface area contributed by atoms with Gasteiger partial charge in [-0.15, -0.1) is 0 Å². The Hall–Kier alpha value is -2.17. The average molecular weight is 241 g/mol. The van der Waals surface area contributed by atoms with E-state index in [1.807, 2.05) is 13.0 Å². The first-order chi connectivity index (χ1) is 8.72. The van der Waals surface area contributed by atoms with Gasteiger partial charge in [0.15, 0.2) is 5.96 Å². The smallest absolute Gasteiger partial charge is 0.230 e. The highest BCUT2D eigenvalue weighted by Gasteiger charge is 2.09. The van der Waals surface area contributed by atoms with Gasteiger partial charge in [-0.2, -0.15) is 0 Å². The molecule has 1 aromatic carbocycles. The van der Waals surface area contributed by atoms with Crippen LogP contribution in [0.5, 0.6) is 0 Å². The number of guanidine groups is 1. The zero-order valence-electron chi connectivity index (χ0n) is 10.5. The number of aryl methyl sites for hydroxylation is 2. The molecule has 2 N–H and O–H groups in total. The molecule has 0 fully saturated rings. The van der Waals surface area contributed by atoms with Crippen molar-refractivity contribution in [1.29, 1.82) is 0 Å². The molecule has 0 unspecified atom stereocenters. The predicted octanol–water partition coefficient (Wildman–Crippen LogP) is 1.62. The van der Waals surface area contributed by atoms with E-state index in [4.69, 9.17) is 0 Å². The molecule has 0 bridgehead atoms. The molecule has 0 amide bonds. The fraction of sp³-hybridized carbons (Fsp3) is 0.308. The Labute approximate surface area is 105 Å². The minimum atomic E-state index is 0.594. The topological polar surface area (TPSA) is 62.2 Å². The SMILES string of the molecule is Cc1ccc2nc(NC3=NCCN3)nc(C)c2c1. The molecule has 2 heterocycles. The lowest BCUT2D eigenvalue weighted by Crippen LogP contribution is -2.27. The minimum absolute atomic E-state index is 0.594. The predicted molar refractivity (Wildman–Crippen MR) is 72.9 cm³/mol. The number of benzene rings is 1. The maximum atomic E-state index is 4.50. The first-order valence-corrected chi connectivity index (χ1v) is 6.03. The van der Waals surface area contributed by atoms with Crippen LogP contribution in [-0.4, -0.2) is 29.0 Å². The Morgan fingerprint density at radius 1 is 1.22 bits per heavy atom. The number of anilines is 1. The normalized spacial score (nSPS) is 14.4. The molecule has 18 heavy (non-hydrogen) atoms. The summed E-state index contributed by atoms with van der Waals surface area (Å²) in [7, 11) is 0. The quantitative estimate of drug-likeness (QED) is 0.796. The van der Waals surface area contributed by atoms with Crippen molar-refractivity contribution >= 4 is 22.8 Å². The first kappa shape index (κ1) is 11.0. The van der Waals surface area contributed by atoms with Gasteiger partial charge in [0.05, 0.1) is 17.8 Å². The third-order valence-electron chi connectivity index (χ3n) is 2.95. The standard InChI is InChI=1S/C13H15N5/c1-8-3-4-11-10(7-8)9(2)16-13(17-11)18-12-14-5-6-15-12/h3-4,7H,5-6H2,1-2H3,(H2,14,15,16,17,18). The molecule has 0 aliphatic carbocycles. The third-order valence-corrected chi connectivity index (χ3v) is 2.95. The number of hydrogen-bond acceptors (Lipinski definition) is 5. The van der Waals surface area contributed by atoms with Crippen molar-refractivity contribution in [3.05, 3.63) is 29.5 Å². The molecule has 2 aromatic rings. The van der Waals surface area contributed by atoms with E-state index in [0.717, 1.165) is 35.6 Å². The van der Waals surface area contributed by atoms with Crippen LogP contribution in [0, 0.1) is 13.8 Å². The molecule has 3 rings (SSSR count). The lowest BCUT2D eigenvalue weighted by atomic mass is 10.1. The van der Waals surface area contributed by atoms with Gasteiger partial charge in [-0.05, 0) is 26.0 Å².